The lowest BCUT2D eigenvalue weighted by Crippen LogP contribution is -2.10. The lowest BCUT2D eigenvalue weighted by atomic mass is 10.1. The number of rotatable bonds is 4. The van der Waals surface area contributed by atoms with Gasteiger partial charge in [0.1, 0.15) is 11.6 Å². The molecule has 0 saturated heterocycles. The molecule has 2 aromatic rings. The van der Waals surface area contributed by atoms with E-state index in [1.165, 1.54) is 0 Å². The van der Waals surface area contributed by atoms with E-state index >= 15 is 0 Å². The minimum Gasteiger partial charge on any atom is -0.497 e. The largest absolute Gasteiger partial charge is 0.497 e. The van der Waals surface area contributed by atoms with E-state index in [9.17, 15) is 0 Å². The molecular formula is C13H16ClN3O. The van der Waals surface area contributed by atoms with Crippen LogP contribution in [0.2, 0.25) is 5.28 Å². The molecule has 0 amide bonds. The van der Waals surface area contributed by atoms with E-state index in [1.807, 2.05) is 35.8 Å². The highest BCUT2D eigenvalue weighted by atomic mass is 35.5. The third-order valence-electron chi connectivity index (χ3n) is 3.03. The molecule has 0 aliphatic heterocycles. The van der Waals surface area contributed by atoms with Crippen molar-refractivity contribution in [3.05, 3.63) is 40.9 Å². The van der Waals surface area contributed by atoms with Gasteiger partial charge in [0.25, 0.3) is 0 Å². The Hall–Kier alpha value is -1.55. The van der Waals surface area contributed by atoms with Crippen LogP contribution >= 0.6 is 11.6 Å². The summed E-state index contributed by atoms with van der Waals surface area (Å²) in [5, 5.41) is 8.42. The van der Waals surface area contributed by atoms with E-state index in [-0.39, 0.29) is 6.04 Å². The lowest BCUT2D eigenvalue weighted by Gasteiger charge is -2.16. The van der Waals surface area contributed by atoms with Crippen molar-refractivity contribution in [2.45, 2.75) is 26.3 Å². The van der Waals surface area contributed by atoms with Gasteiger partial charge in [-0.2, -0.15) is 0 Å². The average molecular weight is 266 g/mol. The number of benzene rings is 1. The Labute approximate surface area is 112 Å². The first-order valence-electron chi connectivity index (χ1n) is 5.90. The van der Waals surface area contributed by atoms with Crippen LogP contribution in [0.15, 0.2) is 24.3 Å². The molecule has 1 heterocycles. The average Bonchev–Trinajstić information content (AvgIpc) is 2.79. The zero-order chi connectivity index (χ0) is 13.1. The van der Waals surface area contributed by atoms with Crippen molar-refractivity contribution in [1.29, 1.82) is 0 Å². The summed E-state index contributed by atoms with van der Waals surface area (Å²) in [5.74, 6) is 1.74. The van der Waals surface area contributed by atoms with Gasteiger partial charge in [-0.25, -0.2) is 0 Å². The van der Waals surface area contributed by atoms with Crippen molar-refractivity contribution in [3.63, 3.8) is 0 Å². The van der Waals surface area contributed by atoms with Crippen molar-refractivity contribution in [1.82, 2.24) is 14.8 Å². The van der Waals surface area contributed by atoms with E-state index in [0.717, 1.165) is 23.6 Å². The molecule has 1 aromatic carbocycles. The molecule has 0 N–H and O–H groups in total. The number of methoxy groups -OCH3 is 1. The van der Waals surface area contributed by atoms with Gasteiger partial charge in [-0.05, 0) is 36.2 Å². The number of halogens is 1. The molecule has 0 bridgehead atoms. The van der Waals surface area contributed by atoms with E-state index < -0.39 is 0 Å². The second-order valence-corrected chi connectivity index (χ2v) is 4.40. The topological polar surface area (TPSA) is 39.9 Å². The molecule has 0 fully saturated rings. The quantitative estimate of drug-likeness (QED) is 0.853. The standard InChI is InChI=1S/C13H16ClN3O/c1-4-12-15-16-13(14)17(12)9(2)10-5-7-11(18-3)8-6-10/h5-9H,4H2,1-3H3. The summed E-state index contributed by atoms with van der Waals surface area (Å²) in [6, 6.07) is 8.04. The van der Waals surface area contributed by atoms with E-state index in [1.54, 1.807) is 7.11 Å². The predicted molar refractivity (Wildman–Crippen MR) is 71.2 cm³/mol. The van der Waals surface area contributed by atoms with Gasteiger partial charge in [0.15, 0.2) is 0 Å². The normalized spacial score (nSPS) is 12.4. The lowest BCUT2D eigenvalue weighted by molar-refractivity contribution is 0.414. The van der Waals surface area contributed by atoms with Gasteiger partial charge in [-0.3, -0.25) is 4.57 Å². The summed E-state index contributed by atoms with van der Waals surface area (Å²) in [6.45, 7) is 4.12. The fourth-order valence-electron chi connectivity index (χ4n) is 1.96. The van der Waals surface area contributed by atoms with E-state index in [2.05, 4.69) is 17.1 Å². The summed E-state index contributed by atoms with van der Waals surface area (Å²) in [7, 11) is 1.66. The number of aromatic nitrogens is 3. The molecule has 1 atom stereocenters. The second-order valence-electron chi connectivity index (χ2n) is 4.06. The molecule has 1 aromatic heterocycles. The van der Waals surface area contributed by atoms with Crippen LogP contribution in [-0.2, 0) is 6.42 Å². The molecule has 96 valence electrons. The van der Waals surface area contributed by atoms with Crippen LogP contribution in [-0.4, -0.2) is 21.9 Å². The van der Waals surface area contributed by atoms with Gasteiger partial charge in [-0.15, -0.1) is 10.2 Å². The first-order valence-corrected chi connectivity index (χ1v) is 6.28. The maximum absolute atomic E-state index is 6.09. The molecule has 2 rings (SSSR count). The molecule has 0 radical (unpaired) electrons. The Bertz CT molecular complexity index is 522. The molecule has 0 aliphatic rings. The number of hydrogen-bond acceptors (Lipinski definition) is 3. The Morgan fingerprint density at radius 2 is 1.94 bits per heavy atom. The molecule has 0 spiro atoms. The maximum Gasteiger partial charge on any atom is 0.225 e. The fourth-order valence-corrected chi connectivity index (χ4v) is 2.24. The molecule has 4 nitrogen and oxygen atoms in total. The summed E-state index contributed by atoms with van der Waals surface area (Å²) in [4.78, 5) is 0. The summed E-state index contributed by atoms with van der Waals surface area (Å²) in [5.41, 5.74) is 1.15. The van der Waals surface area contributed by atoms with Crippen molar-refractivity contribution < 1.29 is 4.74 Å². The van der Waals surface area contributed by atoms with Crippen molar-refractivity contribution >= 4 is 11.6 Å². The van der Waals surface area contributed by atoms with E-state index in [0.29, 0.717) is 5.28 Å². The van der Waals surface area contributed by atoms with Gasteiger partial charge in [0.2, 0.25) is 5.28 Å². The Balaban J connectivity index is 2.34. The van der Waals surface area contributed by atoms with Crippen LogP contribution in [0.4, 0.5) is 0 Å². The van der Waals surface area contributed by atoms with Crippen molar-refractivity contribution in [2.24, 2.45) is 0 Å². The van der Waals surface area contributed by atoms with Crippen LogP contribution in [0, 0.1) is 0 Å². The Morgan fingerprint density at radius 3 is 2.50 bits per heavy atom. The summed E-state index contributed by atoms with van der Waals surface area (Å²) < 4.78 is 7.10. The number of ether oxygens (including phenoxy) is 1. The molecule has 0 aliphatic carbocycles. The highest BCUT2D eigenvalue weighted by molar-refractivity contribution is 6.28. The van der Waals surface area contributed by atoms with Crippen LogP contribution in [0.3, 0.4) is 0 Å². The van der Waals surface area contributed by atoms with Gasteiger partial charge in [-0.1, -0.05) is 19.1 Å². The highest BCUT2D eigenvalue weighted by Gasteiger charge is 2.16. The van der Waals surface area contributed by atoms with Crippen LogP contribution < -0.4 is 4.74 Å². The van der Waals surface area contributed by atoms with Gasteiger partial charge >= 0.3 is 0 Å². The van der Waals surface area contributed by atoms with Crippen molar-refractivity contribution in [2.75, 3.05) is 7.11 Å². The highest BCUT2D eigenvalue weighted by Crippen LogP contribution is 2.25. The first-order chi connectivity index (χ1) is 8.67. The zero-order valence-corrected chi connectivity index (χ0v) is 11.5. The third kappa shape index (κ3) is 2.34. The molecule has 1 unspecified atom stereocenters. The second kappa shape index (κ2) is 5.40. The Kier molecular flexibility index (Phi) is 3.87. The molecular weight excluding hydrogens is 250 g/mol. The van der Waals surface area contributed by atoms with Crippen LogP contribution in [0.5, 0.6) is 5.75 Å². The van der Waals surface area contributed by atoms with Gasteiger partial charge < -0.3 is 4.74 Å². The summed E-state index contributed by atoms with van der Waals surface area (Å²) >= 11 is 6.09. The van der Waals surface area contributed by atoms with Gasteiger partial charge in [0, 0.05) is 6.42 Å². The minimum absolute atomic E-state index is 0.105. The molecule has 5 heteroatoms. The fraction of sp³-hybridized carbons (Fsp3) is 0.385. The zero-order valence-electron chi connectivity index (χ0n) is 10.7. The smallest absolute Gasteiger partial charge is 0.225 e. The summed E-state index contributed by atoms with van der Waals surface area (Å²) in [6.07, 6.45) is 0.806. The predicted octanol–water partition coefficient (Wildman–Crippen LogP) is 3.11. The number of nitrogens with zero attached hydrogens (tertiary/aromatic N) is 3. The van der Waals surface area contributed by atoms with Crippen LogP contribution in [0.25, 0.3) is 0 Å². The van der Waals surface area contributed by atoms with E-state index in [4.69, 9.17) is 16.3 Å². The van der Waals surface area contributed by atoms with Crippen molar-refractivity contribution in [3.8, 4) is 5.75 Å². The molecule has 0 saturated carbocycles. The van der Waals surface area contributed by atoms with Gasteiger partial charge in [0.05, 0.1) is 13.2 Å². The Morgan fingerprint density at radius 1 is 1.28 bits per heavy atom. The first kappa shape index (κ1) is 12.9. The number of aryl methyl sites for hydroxylation is 1. The van der Waals surface area contributed by atoms with Crippen LogP contribution in [0.1, 0.15) is 31.3 Å². The minimum atomic E-state index is 0.105. The number of hydrogen-bond donors (Lipinski definition) is 0. The SMILES string of the molecule is CCc1nnc(Cl)n1C(C)c1ccc(OC)cc1. The third-order valence-corrected chi connectivity index (χ3v) is 3.28. The monoisotopic (exact) mass is 265 g/mol. The molecule has 18 heavy (non-hydrogen) atoms. The maximum atomic E-state index is 6.09.